The molecule has 0 atom stereocenters. The number of nitrogens with zero attached hydrogens (tertiary/aromatic N) is 2. The molecule has 0 bridgehead atoms. The molecule has 0 N–H and O–H groups in total. The fraction of sp³-hybridized carbons (Fsp3) is 0.261. The van der Waals surface area contributed by atoms with Crippen LogP contribution in [0.5, 0.6) is 5.75 Å². The first kappa shape index (κ1) is 17.4. The van der Waals surface area contributed by atoms with Crippen LogP contribution in [0.4, 0.5) is 0 Å². The van der Waals surface area contributed by atoms with Gasteiger partial charge in [-0.1, -0.05) is 37.3 Å². The van der Waals surface area contributed by atoms with E-state index in [1.165, 1.54) is 10.9 Å². The Labute approximate surface area is 159 Å². The number of rotatable bonds is 5. The molecule has 1 aliphatic heterocycles. The lowest BCUT2D eigenvalue weighted by Gasteiger charge is -2.15. The van der Waals surface area contributed by atoms with E-state index in [1.54, 1.807) is 7.11 Å². The Hall–Kier alpha value is -3.01. The molecule has 1 amide bonds. The Morgan fingerprint density at radius 3 is 2.52 bits per heavy atom. The Bertz CT molecular complexity index is 1030. The van der Waals surface area contributed by atoms with Crippen LogP contribution in [-0.4, -0.2) is 35.6 Å². The van der Waals surface area contributed by atoms with Crippen molar-refractivity contribution in [1.82, 2.24) is 9.47 Å². The minimum absolute atomic E-state index is 0.116. The van der Waals surface area contributed by atoms with E-state index in [9.17, 15) is 4.79 Å². The summed E-state index contributed by atoms with van der Waals surface area (Å²) in [4.78, 5) is 15.2. The van der Waals surface area contributed by atoms with Gasteiger partial charge >= 0.3 is 0 Å². The molecular weight excluding hydrogens is 336 g/mol. The monoisotopic (exact) mass is 360 g/mol. The number of aromatic nitrogens is 1. The number of carbonyl (C=O) groups excluding carboxylic acids is 1. The van der Waals surface area contributed by atoms with Crippen molar-refractivity contribution in [2.45, 2.75) is 13.3 Å². The summed E-state index contributed by atoms with van der Waals surface area (Å²) >= 11 is 0. The number of para-hydroxylation sites is 1. The summed E-state index contributed by atoms with van der Waals surface area (Å²) in [5, 5.41) is 1.19. The van der Waals surface area contributed by atoms with Crippen molar-refractivity contribution in [2.75, 3.05) is 20.2 Å². The second-order valence-corrected chi connectivity index (χ2v) is 6.98. The zero-order chi connectivity index (χ0) is 19.0. The molecule has 4 rings (SSSR count). The molecule has 0 spiro atoms. The number of hydrogen-bond acceptors (Lipinski definition) is 2. The summed E-state index contributed by atoms with van der Waals surface area (Å²) in [6.45, 7) is 3.53. The van der Waals surface area contributed by atoms with Gasteiger partial charge < -0.3 is 14.2 Å². The van der Waals surface area contributed by atoms with Gasteiger partial charge in [0.15, 0.2) is 0 Å². The van der Waals surface area contributed by atoms with Gasteiger partial charge in [-0.2, -0.15) is 0 Å². The van der Waals surface area contributed by atoms with Crippen LogP contribution >= 0.6 is 0 Å². The molecule has 2 aromatic carbocycles. The van der Waals surface area contributed by atoms with Gasteiger partial charge in [0, 0.05) is 42.8 Å². The molecule has 138 valence electrons. The average molecular weight is 360 g/mol. The van der Waals surface area contributed by atoms with Crippen LogP contribution in [0.3, 0.4) is 0 Å². The number of fused-ring (bicyclic) bond motifs is 1. The number of methoxy groups -OCH3 is 1. The fourth-order valence-corrected chi connectivity index (χ4v) is 3.94. The summed E-state index contributed by atoms with van der Waals surface area (Å²) in [5.74, 6) is 0.909. The Balaban J connectivity index is 1.91. The summed E-state index contributed by atoms with van der Waals surface area (Å²) in [6, 6.07) is 16.1. The Morgan fingerprint density at radius 2 is 1.81 bits per heavy atom. The lowest BCUT2D eigenvalue weighted by atomic mass is 9.96. The van der Waals surface area contributed by atoms with Crippen LogP contribution < -0.4 is 4.74 Å². The lowest BCUT2D eigenvalue weighted by molar-refractivity contribution is -0.123. The summed E-state index contributed by atoms with van der Waals surface area (Å²) in [6.07, 6.45) is 3.09. The Morgan fingerprint density at radius 1 is 1.07 bits per heavy atom. The standard InChI is InChI=1S/C23H24N2O2/c1-4-13-25-15-20(19-14-24(2)21-8-6-5-7-18(19)21)22(23(25)26)16-9-11-17(27-3)12-10-16/h5-12,14H,4,13,15H2,1-3H3. The minimum Gasteiger partial charge on any atom is -0.497 e. The van der Waals surface area contributed by atoms with E-state index >= 15 is 0 Å². The molecule has 27 heavy (non-hydrogen) atoms. The zero-order valence-corrected chi connectivity index (χ0v) is 16.0. The van der Waals surface area contributed by atoms with E-state index in [-0.39, 0.29) is 5.91 Å². The van der Waals surface area contributed by atoms with Gasteiger partial charge in [-0.25, -0.2) is 0 Å². The predicted molar refractivity (Wildman–Crippen MR) is 110 cm³/mol. The topological polar surface area (TPSA) is 34.5 Å². The summed E-state index contributed by atoms with van der Waals surface area (Å²) < 4.78 is 7.41. The van der Waals surface area contributed by atoms with Crippen LogP contribution in [0.25, 0.3) is 22.0 Å². The van der Waals surface area contributed by atoms with Crippen molar-refractivity contribution in [3.63, 3.8) is 0 Å². The molecule has 4 nitrogen and oxygen atoms in total. The van der Waals surface area contributed by atoms with E-state index in [1.807, 2.05) is 35.2 Å². The van der Waals surface area contributed by atoms with Gasteiger partial charge in [0.05, 0.1) is 12.7 Å². The van der Waals surface area contributed by atoms with Crippen molar-refractivity contribution in [1.29, 1.82) is 0 Å². The van der Waals surface area contributed by atoms with Gasteiger partial charge in [-0.05, 0) is 35.8 Å². The highest BCUT2D eigenvalue weighted by atomic mass is 16.5. The van der Waals surface area contributed by atoms with Gasteiger partial charge in [0.2, 0.25) is 0 Å². The number of amides is 1. The highest BCUT2D eigenvalue weighted by Gasteiger charge is 2.32. The molecule has 4 heteroatoms. The molecule has 2 heterocycles. The first-order valence-electron chi connectivity index (χ1n) is 9.35. The molecule has 1 aromatic heterocycles. The van der Waals surface area contributed by atoms with Crippen LogP contribution in [0.1, 0.15) is 24.5 Å². The van der Waals surface area contributed by atoms with E-state index in [2.05, 4.69) is 42.9 Å². The van der Waals surface area contributed by atoms with E-state index < -0.39 is 0 Å². The highest BCUT2D eigenvalue weighted by Crippen LogP contribution is 2.38. The quantitative estimate of drug-likeness (QED) is 0.678. The van der Waals surface area contributed by atoms with Crippen molar-refractivity contribution in [3.8, 4) is 5.75 Å². The van der Waals surface area contributed by atoms with Crippen molar-refractivity contribution < 1.29 is 9.53 Å². The molecule has 0 aliphatic carbocycles. The largest absolute Gasteiger partial charge is 0.497 e. The van der Waals surface area contributed by atoms with E-state index in [0.29, 0.717) is 6.54 Å². The normalized spacial score (nSPS) is 14.5. The third kappa shape index (κ3) is 2.91. The average Bonchev–Trinajstić information content (AvgIpc) is 3.20. The molecular formula is C23H24N2O2. The third-order valence-electron chi connectivity index (χ3n) is 5.25. The van der Waals surface area contributed by atoms with Gasteiger partial charge in [0.25, 0.3) is 5.91 Å². The molecule has 0 radical (unpaired) electrons. The van der Waals surface area contributed by atoms with Crippen molar-refractivity contribution in [3.05, 3.63) is 65.9 Å². The van der Waals surface area contributed by atoms with Crippen molar-refractivity contribution >= 4 is 28.0 Å². The maximum Gasteiger partial charge on any atom is 0.255 e. The van der Waals surface area contributed by atoms with Crippen molar-refractivity contribution in [2.24, 2.45) is 7.05 Å². The van der Waals surface area contributed by atoms with Crippen LogP contribution in [0, 0.1) is 0 Å². The van der Waals surface area contributed by atoms with E-state index in [4.69, 9.17) is 4.74 Å². The maximum atomic E-state index is 13.2. The second-order valence-electron chi connectivity index (χ2n) is 6.98. The molecule has 0 fully saturated rings. The number of ether oxygens (including phenoxy) is 1. The maximum absolute atomic E-state index is 13.2. The Kier molecular flexibility index (Phi) is 4.48. The smallest absolute Gasteiger partial charge is 0.255 e. The summed E-state index contributed by atoms with van der Waals surface area (Å²) in [7, 11) is 3.71. The number of benzene rings is 2. The third-order valence-corrected chi connectivity index (χ3v) is 5.25. The molecule has 3 aromatic rings. The van der Waals surface area contributed by atoms with Crippen LogP contribution in [0.2, 0.25) is 0 Å². The van der Waals surface area contributed by atoms with Gasteiger partial charge in [-0.3, -0.25) is 4.79 Å². The predicted octanol–water partition coefficient (Wildman–Crippen LogP) is 4.35. The number of carbonyl (C=O) groups is 1. The lowest BCUT2D eigenvalue weighted by Crippen LogP contribution is -2.27. The summed E-state index contributed by atoms with van der Waals surface area (Å²) in [5.41, 5.74) is 5.18. The molecule has 1 aliphatic rings. The highest BCUT2D eigenvalue weighted by molar-refractivity contribution is 6.31. The fourth-order valence-electron chi connectivity index (χ4n) is 3.94. The molecule has 0 saturated heterocycles. The SMILES string of the molecule is CCCN1CC(c2cn(C)c3ccccc23)=C(c2ccc(OC)cc2)C1=O. The zero-order valence-electron chi connectivity index (χ0n) is 16.0. The van der Waals surface area contributed by atoms with E-state index in [0.717, 1.165) is 41.0 Å². The first-order chi connectivity index (χ1) is 13.1. The van der Waals surface area contributed by atoms with Crippen LogP contribution in [0.15, 0.2) is 54.7 Å². The molecule has 0 saturated carbocycles. The minimum atomic E-state index is 0.116. The van der Waals surface area contributed by atoms with Gasteiger partial charge in [-0.15, -0.1) is 0 Å². The number of aryl methyl sites for hydroxylation is 1. The van der Waals surface area contributed by atoms with Gasteiger partial charge in [0.1, 0.15) is 5.75 Å². The molecule has 0 unspecified atom stereocenters. The number of hydrogen-bond donors (Lipinski definition) is 0. The first-order valence-corrected chi connectivity index (χ1v) is 9.35. The second kappa shape index (κ2) is 6.95. The van der Waals surface area contributed by atoms with Crippen LogP contribution in [-0.2, 0) is 11.8 Å².